The summed E-state index contributed by atoms with van der Waals surface area (Å²) in [6, 6.07) is 0. The minimum Gasteiger partial charge on any atom is -0.294 e. The lowest BCUT2D eigenvalue weighted by Crippen LogP contribution is -2.03. The van der Waals surface area contributed by atoms with Crippen LogP contribution in [0.25, 0.3) is 0 Å². The minimum absolute atomic E-state index is 0.0202. The summed E-state index contributed by atoms with van der Waals surface area (Å²) in [6.07, 6.45) is 45.0. The number of allylic oxidation sites excluding steroid dienone is 11. The highest BCUT2D eigenvalue weighted by Crippen LogP contribution is 2.14. The van der Waals surface area contributed by atoms with Gasteiger partial charge >= 0.3 is 0 Å². The van der Waals surface area contributed by atoms with E-state index < -0.39 is 0 Å². The Labute approximate surface area is 236 Å². The zero-order chi connectivity index (χ0) is 27.8. The Kier molecular flexibility index (Phi) is 29.3. The lowest BCUT2D eigenvalue weighted by Gasteiger charge is -2.04. The summed E-state index contributed by atoms with van der Waals surface area (Å²) in [5.74, 6) is 1.95. The Bertz CT molecular complexity index is 728. The molecule has 214 valence electrons. The van der Waals surface area contributed by atoms with E-state index in [0.29, 0.717) is 18.4 Å². The monoisotopic (exact) mass is 522 g/mol. The van der Waals surface area contributed by atoms with Gasteiger partial charge in [-0.15, -0.1) is 0 Å². The molecule has 0 aliphatic rings. The number of Topliss-reactive ketones (excluding diaryl/α,β-unsaturated/α-hetero) is 1. The maximum absolute atomic E-state index is 12.3. The molecule has 0 fully saturated rings. The van der Waals surface area contributed by atoms with Crippen molar-refractivity contribution < 1.29 is 9.59 Å². The van der Waals surface area contributed by atoms with Gasteiger partial charge in [0.05, 0.1) is 5.57 Å². The summed E-state index contributed by atoms with van der Waals surface area (Å²) in [6.45, 7) is 4.39. The van der Waals surface area contributed by atoms with Gasteiger partial charge in [0.2, 0.25) is 0 Å². The molecule has 2 heteroatoms. The Balaban J connectivity index is 3.63. The first-order chi connectivity index (χ1) is 18.8. The average molecular weight is 523 g/mol. The smallest absolute Gasteiger partial charge is 0.169 e. The highest BCUT2D eigenvalue weighted by Gasteiger charge is 2.10. The van der Waals surface area contributed by atoms with Crippen molar-refractivity contribution in [2.75, 3.05) is 0 Å². The molecule has 0 radical (unpaired) electrons. The van der Waals surface area contributed by atoms with Crippen LogP contribution in [0.1, 0.15) is 149 Å². The molecule has 0 spiro atoms. The Morgan fingerprint density at radius 2 is 0.921 bits per heavy atom. The molecule has 0 saturated carbocycles. The molecule has 0 aromatic heterocycles. The lowest BCUT2D eigenvalue weighted by atomic mass is 9.99. The van der Waals surface area contributed by atoms with Crippen LogP contribution in [0.3, 0.4) is 0 Å². The fourth-order valence-electron chi connectivity index (χ4n) is 4.24. The molecule has 0 amide bonds. The van der Waals surface area contributed by atoms with E-state index in [1.54, 1.807) is 0 Å². The highest BCUT2D eigenvalue weighted by molar-refractivity contribution is 6.02. The van der Waals surface area contributed by atoms with Crippen molar-refractivity contribution >= 4 is 11.7 Å². The molecule has 0 aliphatic heterocycles. The van der Waals surface area contributed by atoms with E-state index in [0.717, 1.165) is 77.0 Å². The third-order valence-electron chi connectivity index (χ3n) is 6.64. The van der Waals surface area contributed by atoms with Gasteiger partial charge in [-0.1, -0.05) is 120 Å². The van der Waals surface area contributed by atoms with Crippen LogP contribution in [-0.4, -0.2) is 11.7 Å². The predicted molar refractivity (Wildman–Crippen MR) is 168 cm³/mol. The maximum atomic E-state index is 12.3. The molecule has 0 bridgehead atoms. The van der Waals surface area contributed by atoms with Crippen molar-refractivity contribution in [3.8, 4) is 0 Å². The fraction of sp³-hybridized carbons (Fsp3) is 0.639. The van der Waals surface area contributed by atoms with Crippen molar-refractivity contribution in [3.05, 3.63) is 66.3 Å². The summed E-state index contributed by atoms with van der Waals surface area (Å²) in [5.41, 5.74) is 0.385. The van der Waals surface area contributed by atoms with Gasteiger partial charge in [0.1, 0.15) is 5.94 Å². The van der Waals surface area contributed by atoms with Gasteiger partial charge in [-0.2, -0.15) is 0 Å². The lowest BCUT2D eigenvalue weighted by molar-refractivity contribution is -0.115. The topological polar surface area (TPSA) is 34.1 Å². The summed E-state index contributed by atoms with van der Waals surface area (Å²) in [5, 5.41) is 0. The molecular formula is C36H58O2. The van der Waals surface area contributed by atoms with Crippen molar-refractivity contribution in [2.45, 2.75) is 149 Å². The van der Waals surface area contributed by atoms with Gasteiger partial charge < -0.3 is 0 Å². The van der Waals surface area contributed by atoms with Crippen LogP contribution in [0.4, 0.5) is 0 Å². The molecule has 0 atom stereocenters. The van der Waals surface area contributed by atoms with Crippen LogP contribution >= 0.6 is 0 Å². The van der Waals surface area contributed by atoms with Crippen LogP contribution in [0.2, 0.25) is 0 Å². The Morgan fingerprint density at radius 1 is 0.500 bits per heavy atom. The van der Waals surface area contributed by atoms with Crippen molar-refractivity contribution in [1.82, 2.24) is 0 Å². The molecule has 0 aromatic rings. The van der Waals surface area contributed by atoms with Crippen LogP contribution in [0.15, 0.2) is 66.3 Å². The van der Waals surface area contributed by atoms with Gasteiger partial charge in [0, 0.05) is 6.42 Å². The number of carbonyl (C=O) groups is 1. The van der Waals surface area contributed by atoms with E-state index in [2.05, 4.69) is 74.6 Å². The van der Waals surface area contributed by atoms with Gasteiger partial charge in [-0.3, -0.25) is 4.79 Å². The maximum Gasteiger partial charge on any atom is 0.169 e. The number of carbonyl (C=O) groups excluding carboxylic acids is 2. The SMILES string of the molecule is CCC=CCC=CCC=CCCCCCCCC(=O)C(=C=O)CCCCCCC=CCC=CCCCCC. The molecular weight excluding hydrogens is 464 g/mol. The van der Waals surface area contributed by atoms with E-state index >= 15 is 0 Å². The average Bonchev–Trinajstić information content (AvgIpc) is 2.93. The van der Waals surface area contributed by atoms with Crippen LogP contribution in [-0.2, 0) is 9.59 Å². The van der Waals surface area contributed by atoms with E-state index in [9.17, 15) is 9.59 Å². The molecule has 0 aliphatic carbocycles. The largest absolute Gasteiger partial charge is 0.294 e. The van der Waals surface area contributed by atoms with Crippen LogP contribution in [0, 0.1) is 0 Å². The number of hydrogen-bond acceptors (Lipinski definition) is 2. The zero-order valence-corrected chi connectivity index (χ0v) is 24.9. The van der Waals surface area contributed by atoms with Crippen molar-refractivity contribution in [1.29, 1.82) is 0 Å². The number of hydrogen-bond donors (Lipinski definition) is 0. The molecule has 0 heterocycles. The number of rotatable bonds is 27. The fourth-order valence-corrected chi connectivity index (χ4v) is 4.24. The normalized spacial score (nSPS) is 12.2. The van der Waals surface area contributed by atoms with E-state index in [1.165, 1.54) is 44.9 Å². The highest BCUT2D eigenvalue weighted by atomic mass is 16.1. The standard InChI is InChI=1S/C36H58O2/c1-3-5-7-9-11-13-15-17-19-21-23-25-27-29-31-33-36(38)35(34-37)32-30-28-26-24-22-20-18-16-14-12-10-8-6-4-2/h5,7,11-14,17-20H,3-4,6,8-10,15-16,21-33H2,1-2H3. The first kappa shape index (κ1) is 35.8. The quantitative estimate of drug-likeness (QED) is 0.0465. The Hall–Kier alpha value is -2.18. The van der Waals surface area contributed by atoms with Crippen LogP contribution in [0.5, 0.6) is 0 Å². The predicted octanol–water partition coefficient (Wildman–Crippen LogP) is 11.3. The zero-order valence-electron chi connectivity index (χ0n) is 24.9. The third-order valence-corrected chi connectivity index (χ3v) is 6.64. The minimum atomic E-state index is 0.0202. The van der Waals surface area contributed by atoms with Gasteiger partial charge in [-0.05, 0) is 83.5 Å². The van der Waals surface area contributed by atoms with Crippen molar-refractivity contribution in [3.63, 3.8) is 0 Å². The second-order valence-electron chi connectivity index (χ2n) is 10.2. The first-order valence-electron chi connectivity index (χ1n) is 15.8. The summed E-state index contributed by atoms with van der Waals surface area (Å²) in [7, 11) is 0. The van der Waals surface area contributed by atoms with E-state index in [1.807, 2.05) is 5.94 Å². The second kappa shape index (κ2) is 31.0. The molecule has 0 unspecified atom stereocenters. The molecule has 0 N–H and O–H groups in total. The van der Waals surface area contributed by atoms with Gasteiger partial charge in [0.25, 0.3) is 0 Å². The van der Waals surface area contributed by atoms with Gasteiger partial charge in [0.15, 0.2) is 5.78 Å². The second-order valence-corrected chi connectivity index (χ2v) is 10.2. The van der Waals surface area contributed by atoms with Crippen molar-refractivity contribution in [2.24, 2.45) is 0 Å². The summed E-state index contributed by atoms with van der Waals surface area (Å²) < 4.78 is 0. The molecule has 2 nitrogen and oxygen atoms in total. The molecule has 38 heavy (non-hydrogen) atoms. The first-order valence-corrected chi connectivity index (χ1v) is 15.8. The van der Waals surface area contributed by atoms with Gasteiger partial charge in [-0.25, -0.2) is 4.79 Å². The third kappa shape index (κ3) is 26.9. The Morgan fingerprint density at radius 3 is 1.42 bits per heavy atom. The summed E-state index contributed by atoms with van der Waals surface area (Å²) >= 11 is 0. The van der Waals surface area contributed by atoms with Crippen LogP contribution < -0.4 is 0 Å². The molecule has 0 rings (SSSR count). The van der Waals surface area contributed by atoms with E-state index in [4.69, 9.17) is 0 Å². The molecule has 0 saturated heterocycles. The van der Waals surface area contributed by atoms with E-state index in [-0.39, 0.29) is 5.78 Å². The number of ketones is 1. The molecule has 0 aromatic carbocycles. The number of unbranched alkanes of at least 4 members (excludes halogenated alkanes) is 12. The summed E-state index contributed by atoms with van der Waals surface area (Å²) in [4.78, 5) is 23.6.